The predicted octanol–water partition coefficient (Wildman–Crippen LogP) is 3.24. The number of carbonyl (C=O) groups is 1. The molecule has 7 heteroatoms. The minimum Gasteiger partial charge on any atom is -0.361 e. The van der Waals surface area contributed by atoms with Crippen LogP contribution in [0.1, 0.15) is 39.3 Å². The highest BCUT2D eigenvalue weighted by molar-refractivity contribution is 7.15. The summed E-state index contributed by atoms with van der Waals surface area (Å²) in [4.78, 5) is 12.4. The van der Waals surface area contributed by atoms with Gasteiger partial charge in [-0.2, -0.15) is 0 Å². The van der Waals surface area contributed by atoms with Crippen LogP contribution in [-0.4, -0.2) is 21.3 Å². The molecule has 118 valence electrons. The van der Waals surface area contributed by atoms with Crippen molar-refractivity contribution in [1.82, 2.24) is 15.4 Å². The molecule has 3 rings (SSSR count). The quantitative estimate of drug-likeness (QED) is 0.777. The van der Waals surface area contributed by atoms with Crippen molar-refractivity contribution in [3.8, 4) is 0 Å². The first-order valence-corrected chi connectivity index (χ1v) is 8.11. The molecule has 0 fully saturated rings. The summed E-state index contributed by atoms with van der Waals surface area (Å²) in [5.74, 6) is 0.247. The normalized spacial score (nSPS) is 10.7. The first-order valence-electron chi connectivity index (χ1n) is 7.30. The number of hydrogen-bond donors (Lipinski definition) is 1. The Kier molecular flexibility index (Phi) is 4.47. The minimum atomic E-state index is -0.261. The molecule has 2 heterocycles. The fourth-order valence-electron chi connectivity index (χ4n) is 2.26. The summed E-state index contributed by atoms with van der Waals surface area (Å²) in [6.45, 7) is 3.65. The van der Waals surface area contributed by atoms with Crippen LogP contribution in [0.3, 0.4) is 0 Å². The maximum atomic E-state index is 12.4. The van der Waals surface area contributed by atoms with Crippen molar-refractivity contribution >= 4 is 22.4 Å². The van der Waals surface area contributed by atoms with Gasteiger partial charge in [0.2, 0.25) is 5.13 Å². The highest BCUT2D eigenvalue weighted by Gasteiger charge is 2.20. The average molecular weight is 328 g/mol. The lowest BCUT2D eigenvalue weighted by atomic mass is 10.1. The molecule has 2 aromatic heterocycles. The van der Waals surface area contributed by atoms with Crippen LogP contribution in [0.5, 0.6) is 0 Å². The Bertz CT molecular complexity index is 811. The van der Waals surface area contributed by atoms with Crippen LogP contribution in [0.25, 0.3) is 0 Å². The van der Waals surface area contributed by atoms with Crippen molar-refractivity contribution in [2.75, 3.05) is 5.32 Å². The monoisotopic (exact) mass is 328 g/mol. The first kappa shape index (κ1) is 15.4. The number of rotatable bonds is 5. The smallest absolute Gasteiger partial charge is 0.263 e. The largest absolute Gasteiger partial charge is 0.361 e. The van der Waals surface area contributed by atoms with Gasteiger partial charge in [0.1, 0.15) is 16.3 Å². The number of benzene rings is 1. The molecule has 1 aromatic carbocycles. The van der Waals surface area contributed by atoms with E-state index < -0.39 is 0 Å². The highest BCUT2D eigenvalue weighted by Crippen LogP contribution is 2.21. The van der Waals surface area contributed by atoms with Crippen molar-refractivity contribution in [2.45, 2.75) is 26.7 Å². The maximum absolute atomic E-state index is 12.4. The molecule has 0 saturated carbocycles. The van der Waals surface area contributed by atoms with E-state index in [9.17, 15) is 4.79 Å². The number of aromatic nitrogens is 3. The lowest BCUT2D eigenvalue weighted by Gasteiger charge is -2.00. The molecule has 1 amide bonds. The maximum Gasteiger partial charge on any atom is 0.263 e. The second-order valence-corrected chi connectivity index (χ2v) is 6.09. The fourth-order valence-corrected chi connectivity index (χ4v) is 3.03. The third-order valence-corrected chi connectivity index (χ3v) is 4.22. The zero-order chi connectivity index (χ0) is 16.2. The molecule has 0 atom stereocenters. The Morgan fingerprint density at radius 3 is 2.78 bits per heavy atom. The molecule has 0 aliphatic carbocycles. The third-order valence-electron chi connectivity index (χ3n) is 3.38. The average Bonchev–Trinajstić information content (AvgIpc) is 3.14. The molecular weight excluding hydrogens is 312 g/mol. The minimum absolute atomic E-state index is 0.261. The predicted molar refractivity (Wildman–Crippen MR) is 87.7 cm³/mol. The fraction of sp³-hybridized carbons (Fsp3) is 0.250. The highest BCUT2D eigenvalue weighted by atomic mass is 32.1. The van der Waals surface area contributed by atoms with Gasteiger partial charge in [-0.25, -0.2) is 0 Å². The molecule has 0 unspecified atom stereocenters. The number of aryl methyl sites for hydroxylation is 2. The van der Waals surface area contributed by atoms with E-state index in [0.717, 1.165) is 10.6 Å². The molecular formula is C16H16N4O2S. The van der Waals surface area contributed by atoms with Crippen LogP contribution in [0.15, 0.2) is 34.9 Å². The molecule has 0 aliphatic rings. The van der Waals surface area contributed by atoms with E-state index in [-0.39, 0.29) is 5.91 Å². The molecule has 1 N–H and O–H groups in total. The van der Waals surface area contributed by atoms with Crippen LogP contribution in [0.4, 0.5) is 5.13 Å². The van der Waals surface area contributed by atoms with Gasteiger partial charge >= 0.3 is 0 Å². The van der Waals surface area contributed by atoms with Crippen molar-refractivity contribution < 1.29 is 9.32 Å². The van der Waals surface area contributed by atoms with Crippen molar-refractivity contribution in [1.29, 1.82) is 0 Å². The van der Waals surface area contributed by atoms with E-state index >= 15 is 0 Å². The number of hydrogen-bond acceptors (Lipinski definition) is 6. The Hall–Kier alpha value is -2.54. The summed E-state index contributed by atoms with van der Waals surface area (Å²) in [5.41, 5.74) is 2.28. The topological polar surface area (TPSA) is 80.9 Å². The summed E-state index contributed by atoms with van der Waals surface area (Å²) < 4.78 is 5.09. The molecule has 0 saturated heterocycles. The summed E-state index contributed by atoms with van der Waals surface area (Å²) in [5, 5.41) is 16.1. The number of amides is 1. The van der Waals surface area contributed by atoms with Crippen LogP contribution in [-0.2, 0) is 12.8 Å². The van der Waals surface area contributed by atoms with Crippen LogP contribution < -0.4 is 5.32 Å². The van der Waals surface area contributed by atoms with E-state index in [0.29, 0.717) is 35.0 Å². The molecule has 0 bridgehead atoms. The SMILES string of the molecule is CCc1noc(C)c1C(=O)Nc1nnc(Cc2ccccc2)s1. The van der Waals surface area contributed by atoms with Gasteiger partial charge < -0.3 is 4.52 Å². The Labute approximate surface area is 137 Å². The van der Waals surface area contributed by atoms with Gasteiger partial charge in [-0.05, 0) is 18.9 Å². The van der Waals surface area contributed by atoms with Crippen molar-refractivity contribution in [3.63, 3.8) is 0 Å². The second kappa shape index (κ2) is 6.70. The van der Waals surface area contributed by atoms with Crippen LogP contribution in [0.2, 0.25) is 0 Å². The Morgan fingerprint density at radius 1 is 1.26 bits per heavy atom. The molecule has 23 heavy (non-hydrogen) atoms. The summed E-state index contributed by atoms with van der Waals surface area (Å²) in [6, 6.07) is 10.0. The summed E-state index contributed by atoms with van der Waals surface area (Å²) in [6.07, 6.45) is 1.33. The van der Waals surface area contributed by atoms with Gasteiger partial charge in [0.05, 0.1) is 5.69 Å². The van der Waals surface area contributed by atoms with Gasteiger partial charge in [0.25, 0.3) is 5.91 Å². The van der Waals surface area contributed by atoms with E-state index in [1.165, 1.54) is 11.3 Å². The molecule has 6 nitrogen and oxygen atoms in total. The molecule has 0 aliphatic heterocycles. The van der Waals surface area contributed by atoms with Gasteiger partial charge in [-0.1, -0.05) is 53.7 Å². The first-order chi connectivity index (χ1) is 11.2. The third kappa shape index (κ3) is 3.45. The van der Waals surface area contributed by atoms with Crippen LogP contribution >= 0.6 is 11.3 Å². The van der Waals surface area contributed by atoms with Crippen molar-refractivity contribution in [3.05, 3.63) is 57.9 Å². The Morgan fingerprint density at radius 2 is 2.04 bits per heavy atom. The molecule has 0 radical (unpaired) electrons. The van der Waals surface area contributed by atoms with Gasteiger partial charge in [-0.15, -0.1) is 10.2 Å². The number of nitrogens with one attached hydrogen (secondary N) is 1. The van der Waals surface area contributed by atoms with Gasteiger partial charge in [-0.3, -0.25) is 10.1 Å². The lowest BCUT2D eigenvalue weighted by Crippen LogP contribution is -2.14. The van der Waals surface area contributed by atoms with E-state index in [1.54, 1.807) is 6.92 Å². The molecule has 3 aromatic rings. The lowest BCUT2D eigenvalue weighted by molar-refractivity contribution is 0.102. The molecule has 0 spiro atoms. The van der Waals surface area contributed by atoms with Crippen molar-refractivity contribution in [2.24, 2.45) is 0 Å². The number of anilines is 1. The van der Waals surface area contributed by atoms with Gasteiger partial charge in [0.15, 0.2) is 0 Å². The number of carbonyl (C=O) groups excluding carboxylic acids is 1. The van der Waals surface area contributed by atoms with E-state index in [2.05, 4.69) is 20.7 Å². The van der Waals surface area contributed by atoms with Gasteiger partial charge in [0, 0.05) is 6.42 Å². The summed E-state index contributed by atoms with van der Waals surface area (Å²) in [7, 11) is 0. The Balaban J connectivity index is 1.71. The van der Waals surface area contributed by atoms with E-state index in [1.807, 2.05) is 37.3 Å². The zero-order valence-electron chi connectivity index (χ0n) is 12.9. The second-order valence-electron chi connectivity index (χ2n) is 5.03. The van der Waals surface area contributed by atoms with Crippen LogP contribution in [0, 0.1) is 6.92 Å². The van der Waals surface area contributed by atoms with E-state index in [4.69, 9.17) is 4.52 Å². The standard InChI is InChI=1S/C16H16N4O2S/c1-3-12-14(10(2)22-20-12)15(21)17-16-19-18-13(23-16)9-11-7-5-4-6-8-11/h4-8H,3,9H2,1-2H3,(H,17,19,21). The summed E-state index contributed by atoms with van der Waals surface area (Å²) >= 11 is 1.37. The number of nitrogens with zero attached hydrogens (tertiary/aromatic N) is 3. The zero-order valence-corrected chi connectivity index (χ0v) is 13.7.